The van der Waals surface area contributed by atoms with Crippen molar-refractivity contribution in [1.29, 1.82) is 0 Å². The first kappa shape index (κ1) is 12.4. The molecule has 1 N–H and O–H groups in total. The van der Waals surface area contributed by atoms with Crippen LogP contribution < -0.4 is 5.32 Å². The van der Waals surface area contributed by atoms with Crippen LogP contribution in [0.15, 0.2) is 23.9 Å². The first-order valence-electron chi connectivity index (χ1n) is 5.52. The lowest BCUT2D eigenvalue weighted by atomic mass is 10.2. The van der Waals surface area contributed by atoms with E-state index >= 15 is 0 Å². The van der Waals surface area contributed by atoms with Crippen molar-refractivity contribution >= 4 is 11.3 Å². The van der Waals surface area contributed by atoms with Gasteiger partial charge in [-0.25, -0.2) is 0 Å². The van der Waals surface area contributed by atoms with Crippen LogP contribution in [0.2, 0.25) is 0 Å². The first-order valence-corrected chi connectivity index (χ1v) is 6.40. The molecule has 15 heavy (non-hydrogen) atoms. The fraction of sp³-hybridized carbons (Fsp3) is 0.583. The van der Waals surface area contributed by atoms with Crippen molar-refractivity contribution in [3.63, 3.8) is 0 Å². The highest BCUT2D eigenvalue weighted by atomic mass is 32.1. The fourth-order valence-electron chi connectivity index (χ4n) is 1.24. The van der Waals surface area contributed by atoms with Crippen molar-refractivity contribution < 1.29 is 0 Å². The van der Waals surface area contributed by atoms with Crippen molar-refractivity contribution in [2.45, 2.75) is 26.7 Å². The minimum absolute atomic E-state index is 0.742. The standard InChI is InChI=1S/C12H20N2S/c1-11(2)8-13-7-5-3-4-6-12-9-14-10-15-12/h3-4,9-11,13H,5-8H2,1-2H3/b4-3+. The molecule has 0 aliphatic carbocycles. The molecule has 84 valence electrons. The summed E-state index contributed by atoms with van der Waals surface area (Å²) in [6.07, 6.45) is 8.55. The molecule has 2 nitrogen and oxygen atoms in total. The summed E-state index contributed by atoms with van der Waals surface area (Å²) < 4.78 is 0. The van der Waals surface area contributed by atoms with E-state index in [1.165, 1.54) is 4.88 Å². The van der Waals surface area contributed by atoms with Crippen LogP contribution in [0.3, 0.4) is 0 Å². The second-order valence-corrected chi connectivity index (χ2v) is 5.00. The molecule has 3 heteroatoms. The summed E-state index contributed by atoms with van der Waals surface area (Å²) >= 11 is 1.72. The molecule has 0 radical (unpaired) electrons. The molecular weight excluding hydrogens is 204 g/mol. The molecule has 1 aromatic heterocycles. The van der Waals surface area contributed by atoms with Gasteiger partial charge in [-0.3, -0.25) is 4.98 Å². The van der Waals surface area contributed by atoms with Crippen LogP contribution >= 0.6 is 11.3 Å². The predicted molar refractivity (Wildman–Crippen MR) is 67.3 cm³/mol. The molecule has 0 amide bonds. The largest absolute Gasteiger partial charge is 0.316 e. The van der Waals surface area contributed by atoms with Crippen molar-refractivity contribution in [2.75, 3.05) is 13.1 Å². The van der Waals surface area contributed by atoms with Gasteiger partial charge in [0.15, 0.2) is 0 Å². The van der Waals surface area contributed by atoms with E-state index in [9.17, 15) is 0 Å². The Kier molecular flexibility index (Phi) is 6.28. The van der Waals surface area contributed by atoms with Gasteiger partial charge in [0.05, 0.1) is 5.51 Å². The molecular formula is C12H20N2S. The summed E-state index contributed by atoms with van der Waals surface area (Å²) in [5.74, 6) is 0.742. The molecule has 1 rings (SSSR count). The highest BCUT2D eigenvalue weighted by molar-refractivity contribution is 7.09. The van der Waals surface area contributed by atoms with Gasteiger partial charge in [0.25, 0.3) is 0 Å². The third kappa shape index (κ3) is 6.42. The zero-order valence-corrected chi connectivity index (χ0v) is 10.4. The second kappa shape index (κ2) is 7.60. The van der Waals surface area contributed by atoms with E-state index in [1.807, 2.05) is 11.7 Å². The van der Waals surface area contributed by atoms with E-state index in [-0.39, 0.29) is 0 Å². The Balaban J connectivity index is 1.98. The molecule has 1 aromatic rings. The van der Waals surface area contributed by atoms with Crippen LogP contribution in [-0.4, -0.2) is 18.1 Å². The molecule has 0 aliphatic rings. The molecule has 0 bridgehead atoms. The Morgan fingerprint density at radius 3 is 3.00 bits per heavy atom. The molecule has 0 aromatic carbocycles. The molecule has 0 aliphatic heterocycles. The van der Waals surface area contributed by atoms with Crippen molar-refractivity contribution in [3.8, 4) is 0 Å². The summed E-state index contributed by atoms with van der Waals surface area (Å²) in [6.45, 7) is 6.65. The lowest BCUT2D eigenvalue weighted by Gasteiger charge is -2.04. The van der Waals surface area contributed by atoms with E-state index in [0.717, 1.165) is 31.8 Å². The van der Waals surface area contributed by atoms with Gasteiger partial charge in [-0.2, -0.15) is 0 Å². The van der Waals surface area contributed by atoms with Gasteiger partial charge >= 0.3 is 0 Å². The van der Waals surface area contributed by atoms with E-state index in [1.54, 1.807) is 11.3 Å². The zero-order valence-electron chi connectivity index (χ0n) is 9.57. The Hall–Kier alpha value is -0.670. The number of hydrogen-bond acceptors (Lipinski definition) is 3. The summed E-state index contributed by atoms with van der Waals surface area (Å²) in [5.41, 5.74) is 1.88. The quantitative estimate of drug-likeness (QED) is 0.569. The van der Waals surface area contributed by atoms with E-state index in [4.69, 9.17) is 0 Å². The zero-order chi connectivity index (χ0) is 10.9. The minimum atomic E-state index is 0.742. The molecule has 0 spiro atoms. The third-order valence-corrected chi connectivity index (χ3v) is 2.81. The topological polar surface area (TPSA) is 24.9 Å². The van der Waals surface area contributed by atoms with Crippen LogP contribution in [0.25, 0.3) is 0 Å². The highest BCUT2D eigenvalue weighted by Crippen LogP contribution is 2.06. The number of nitrogens with zero attached hydrogens (tertiary/aromatic N) is 1. The Morgan fingerprint density at radius 2 is 2.33 bits per heavy atom. The second-order valence-electron chi connectivity index (χ2n) is 4.03. The number of rotatable bonds is 7. The van der Waals surface area contributed by atoms with Gasteiger partial charge < -0.3 is 5.32 Å². The number of aromatic nitrogens is 1. The molecule has 0 fully saturated rings. The Bertz CT molecular complexity index is 265. The van der Waals surface area contributed by atoms with Gasteiger partial charge in [0.1, 0.15) is 0 Å². The number of allylic oxidation sites excluding steroid dienone is 1. The molecule has 0 saturated heterocycles. The Morgan fingerprint density at radius 1 is 1.47 bits per heavy atom. The van der Waals surface area contributed by atoms with Crippen LogP contribution in [0, 0.1) is 5.92 Å². The summed E-state index contributed by atoms with van der Waals surface area (Å²) in [6, 6.07) is 0. The normalized spacial score (nSPS) is 11.7. The smallest absolute Gasteiger partial charge is 0.0794 e. The van der Waals surface area contributed by atoms with E-state index in [0.29, 0.717) is 0 Å². The maximum absolute atomic E-state index is 4.04. The van der Waals surface area contributed by atoms with Crippen molar-refractivity contribution in [1.82, 2.24) is 10.3 Å². The van der Waals surface area contributed by atoms with E-state index < -0.39 is 0 Å². The Labute approximate surface area is 96.4 Å². The van der Waals surface area contributed by atoms with Crippen molar-refractivity contribution in [2.24, 2.45) is 5.92 Å². The minimum Gasteiger partial charge on any atom is -0.316 e. The van der Waals surface area contributed by atoms with E-state index in [2.05, 4.69) is 36.3 Å². The van der Waals surface area contributed by atoms with Gasteiger partial charge in [0, 0.05) is 17.5 Å². The highest BCUT2D eigenvalue weighted by Gasteiger charge is 1.91. The third-order valence-electron chi connectivity index (χ3n) is 2.01. The maximum atomic E-state index is 4.04. The number of nitrogens with one attached hydrogen (secondary N) is 1. The lowest BCUT2D eigenvalue weighted by molar-refractivity contribution is 0.556. The predicted octanol–water partition coefficient (Wildman–Crippen LogP) is 2.88. The van der Waals surface area contributed by atoms with Crippen LogP contribution in [0.4, 0.5) is 0 Å². The maximum Gasteiger partial charge on any atom is 0.0794 e. The van der Waals surface area contributed by atoms with Crippen LogP contribution in [0.5, 0.6) is 0 Å². The number of hydrogen-bond donors (Lipinski definition) is 1. The monoisotopic (exact) mass is 224 g/mol. The summed E-state index contributed by atoms with van der Waals surface area (Å²) in [4.78, 5) is 5.38. The summed E-state index contributed by atoms with van der Waals surface area (Å²) in [5, 5.41) is 3.42. The molecule has 0 saturated carbocycles. The first-order chi connectivity index (χ1) is 7.29. The van der Waals surface area contributed by atoms with Gasteiger partial charge in [0.2, 0.25) is 0 Å². The average molecular weight is 224 g/mol. The van der Waals surface area contributed by atoms with Gasteiger partial charge in [-0.1, -0.05) is 26.0 Å². The van der Waals surface area contributed by atoms with Gasteiger partial charge in [-0.05, 0) is 25.4 Å². The fourth-order valence-corrected chi connectivity index (χ4v) is 1.81. The van der Waals surface area contributed by atoms with Gasteiger partial charge in [-0.15, -0.1) is 11.3 Å². The van der Waals surface area contributed by atoms with Crippen LogP contribution in [-0.2, 0) is 6.42 Å². The summed E-state index contributed by atoms with van der Waals surface area (Å²) in [7, 11) is 0. The average Bonchev–Trinajstić information content (AvgIpc) is 2.68. The van der Waals surface area contributed by atoms with Crippen LogP contribution in [0.1, 0.15) is 25.1 Å². The molecule has 0 atom stereocenters. The SMILES string of the molecule is CC(C)CNCC/C=C/Cc1cncs1. The number of thiazole rings is 1. The molecule has 0 unspecified atom stereocenters. The van der Waals surface area contributed by atoms with Crippen molar-refractivity contribution in [3.05, 3.63) is 28.7 Å². The molecule has 1 heterocycles. The lowest BCUT2D eigenvalue weighted by Crippen LogP contribution is -2.20.